The van der Waals surface area contributed by atoms with Gasteiger partial charge in [-0.15, -0.1) is 0 Å². The molecule has 3 aliphatic rings. The van der Waals surface area contributed by atoms with Crippen molar-refractivity contribution in [3.05, 3.63) is 35.8 Å². The molecular formula is C21H27N3O. The lowest BCUT2D eigenvalue weighted by molar-refractivity contribution is 0.119. The standard InChI is InChI=1S/C21H27N3O/c1-3-18(4-1)25-20-9-8-16(11-17(20)13-22-12-15-6-7-15)19-14-24-10-2-5-21(24)23-19/h8-9,11,14-15,18,22H,1-7,10,12-13H2. The summed E-state index contributed by atoms with van der Waals surface area (Å²) < 4.78 is 8.55. The van der Waals surface area contributed by atoms with Crippen molar-refractivity contribution >= 4 is 0 Å². The minimum Gasteiger partial charge on any atom is -0.490 e. The Hall–Kier alpha value is -1.81. The topological polar surface area (TPSA) is 39.1 Å². The molecule has 25 heavy (non-hydrogen) atoms. The summed E-state index contributed by atoms with van der Waals surface area (Å²) in [7, 11) is 0. The van der Waals surface area contributed by atoms with Crippen LogP contribution in [0.25, 0.3) is 11.3 Å². The maximum absolute atomic E-state index is 6.24. The average Bonchev–Trinajstić information content (AvgIpc) is 3.14. The van der Waals surface area contributed by atoms with Crippen LogP contribution in [0.4, 0.5) is 0 Å². The Bertz CT molecular complexity index is 737. The minimum absolute atomic E-state index is 0.421. The van der Waals surface area contributed by atoms with Crippen LogP contribution in [0.1, 0.15) is 49.9 Å². The van der Waals surface area contributed by atoms with Crippen molar-refractivity contribution in [2.75, 3.05) is 6.54 Å². The predicted octanol–water partition coefficient (Wildman–Crippen LogP) is 3.93. The van der Waals surface area contributed by atoms with Crippen molar-refractivity contribution in [2.24, 2.45) is 5.92 Å². The van der Waals surface area contributed by atoms with Gasteiger partial charge in [0.15, 0.2) is 0 Å². The van der Waals surface area contributed by atoms with Gasteiger partial charge in [-0.1, -0.05) is 0 Å². The van der Waals surface area contributed by atoms with Gasteiger partial charge in [-0.05, 0) is 69.2 Å². The number of benzene rings is 1. The number of aromatic nitrogens is 2. The number of fused-ring (bicyclic) bond motifs is 1. The van der Waals surface area contributed by atoms with Crippen molar-refractivity contribution in [3.8, 4) is 17.0 Å². The van der Waals surface area contributed by atoms with Crippen LogP contribution in [0, 0.1) is 5.92 Å². The molecule has 1 N–H and O–H groups in total. The van der Waals surface area contributed by atoms with Crippen molar-refractivity contribution in [2.45, 2.75) is 64.1 Å². The first-order valence-electron chi connectivity index (χ1n) is 9.92. The van der Waals surface area contributed by atoms with Crippen LogP contribution in [-0.4, -0.2) is 22.2 Å². The summed E-state index contributed by atoms with van der Waals surface area (Å²) in [6.07, 6.45) is 11.5. The van der Waals surface area contributed by atoms with Crippen molar-refractivity contribution < 1.29 is 4.74 Å². The fourth-order valence-electron chi connectivity index (χ4n) is 3.79. The summed E-state index contributed by atoms with van der Waals surface area (Å²) in [5.74, 6) is 3.19. The molecule has 2 heterocycles. The molecule has 4 heteroatoms. The van der Waals surface area contributed by atoms with Crippen LogP contribution < -0.4 is 10.1 Å². The molecule has 2 fully saturated rings. The van der Waals surface area contributed by atoms with Crippen molar-refractivity contribution in [3.63, 3.8) is 0 Å². The number of imidazole rings is 1. The molecule has 2 aromatic rings. The molecule has 0 spiro atoms. The number of hydrogen-bond donors (Lipinski definition) is 1. The highest BCUT2D eigenvalue weighted by Crippen LogP contribution is 2.32. The highest BCUT2D eigenvalue weighted by atomic mass is 16.5. The number of aryl methyl sites for hydroxylation is 2. The minimum atomic E-state index is 0.421. The van der Waals surface area contributed by atoms with E-state index in [0.29, 0.717) is 6.10 Å². The molecule has 0 saturated heterocycles. The zero-order valence-corrected chi connectivity index (χ0v) is 14.8. The first kappa shape index (κ1) is 15.4. The Morgan fingerprint density at radius 2 is 2.08 bits per heavy atom. The normalized spacial score (nSPS) is 19.7. The van der Waals surface area contributed by atoms with Crippen LogP contribution in [0.5, 0.6) is 5.75 Å². The van der Waals surface area contributed by atoms with E-state index >= 15 is 0 Å². The van der Waals surface area contributed by atoms with Gasteiger partial charge in [0.1, 0.15) is 11.6 Å². The predicted molar refractivity (Wildman–Crippen MR) is 98.7 cm³/mol. The molecule has 0 amide bonds. The van der Waals surface area contributed by atoms with Gasteiger partial charge in [-0.25, -0.2) is 4.98 Å². The number of hydrogen-bond acceptors (Lipinski definition) is 3. The smallest absolute Gasteiger partial charge is 0.124 e. The van der Waals surface area contributed by atoms with Gasteiger partial charge in [0.2, 0.25) is 0 Å². The van der Waals surface area contributed by atoms with Crippen molar-refractivity contribution in [1.82, 2.24) is 14.9 Å². The summed E-state index contributed by atoms with van der Waals surface area (Å²) in [5.41, 5.74) is 3.60. The Kier molecular flexibility index (Phi) is 4.01. The van der Waals surface area contributed by atoms with E-state index in [-0.39, 0.29) is 0 Å². The fourth-order valence-corrected chi connectivity index (χ4v) is 3.79. The fraction of sp³-hybridized carbons (Fsp3) is 0.571. The van der Waals surface area contributed by atoms with Gasteiger partial charge < -0.3 is 14.6 Å². The number of ether oxygens (including phenoxy) is 1. The zero-order valence-electron chi connectivity index (χ0n) is 14.8. The van der Waals surface area contributed by atoms with Crippen LogP contribution in [-0.2, 0) is 19.5 Å². The molecule has 4 nitrogen and oxygen atoms in total. The second-order valence-corrected chi connectivity index (χ2v) is 7.91. The van der Waals surface area contributed by atoms with Gasteiger partial charge in [0.25, 0.3) is 0 Å². The Balaban J connectivity index is 1.38. The third-order valence-corrected chi connectivity index (χ3v) is 5.81. The van der Waals surface area contributed by atoms with E-state index in [4.69, 9.17) is 9.72 Å². The summed E-state index contributed by atoms with van der Waals surface area (Å²) in [6.45, 7) is 3.13. The molecule has 5 rings (SSSR count). The molecule has 0 atom stereocenters. The highest BCUT2D eigenvalue weighted by molar-refractivity contribution is 5.62. The molecular weight excluding hydrogens is 310 g/mol. The first-order valence-corrected chi connectivity index (χ1v) is 9.92. The van der Waals surface area contributed by atoms with E-state index in [1.165, 1.54) is 55.5 Å². The van der Waals surface area contributed by atoms with Crippen LogP contribution in [0.15, 0.2) is 24.4 Å². The first-order chi connectivity index (χ1) is 12.3. The molecule has 2 aliphatic carbocycles. The molecule has 1 aromatic heterocycles. The Labute approximate surface area is 149 Å². The number of rotatable bonds is 7. The summed E-state index contributed by atoms with van der Waals surface area (Å²) >= 11 is 0. The van der Waals surface area contributed by atoms with Gasteiger partial charge in [0, 0.05) is 36.8 Å². The number of nitrogens with one attached hydrogen (secondary N) is 1. The second kappa shape index (κ2) is 6.49. The lowest BCUT2D eigenvalue weighted by atomic mass is 9.96. The summed E-state index contributed by atoms with van der Waals surface area (Å²) in [4.78, 5) is 4.84. The van der Waals surface area contributed by atoms with Crippen LogP contribution >= 0.6 is 0 Å². The Morgan fingerprint density at radius 1 is 1.16 bits per heavy atom. The Morgan fingerprint density at radius 3 is 2.84 bits per heavy atom. The van der Waals surface area contributed by atoms with Gasteiger partial charge in [0.05, 0.1) is 11.8 Å². The zero-order chi connectivity index (χ0) is 16.6. The number of nitrogens with zero attached hydrogens (tertiary/aromatic N) is 2. The third kappa shape index (κ3) is 3.32. The highest BCUT2D eigenvalue weighted by Gasteiger charge is 2.23. The SMILES string of the molecule is c1cc(OC2CCC2)c(CNCC2CC2)cc1-c1cn2c(n1)CCC2. The third-order valence-electron chi connectivity index (χ3n) is 5.81. The lowest BCUT2D eigenvalue weighted by Gasteiger charge is -2.27. The molecule has 1 aromatic carbocycles. The van der Waals surface area contributed by atoms with Gasteiger partial charge >= 0.3 is 0 Å². The van der Waals surface area contributed by atoms with E-state index in [9.17, 15) is 0 Å². The summed E-state index contributed by atoms with van der Waals surface area (Å²) in [6, 6.07) is 6.62. The van der Waals surface area contributed by atoms with Crippen LogP contribution in [0.3, 0.4) is 0 Å². The maximum atomic E-state index is 6.24. The second-order valence-electron chi connectivity index (χ2n) is 7.91. The van der Waals surface area contributed by atoms with Gasteiger partial charge in [-0.2, -0.15) is 0 Å². The van der Waals surface area contributed by atoms with Crippen molar-refractivity contribution in [1.29, 1.82) is 0 Å². The van der Waals surface area contributed by atoms with E-state index in [0.717, 1.165) is 43.4 Å². The quantitative estimate of drug-likeness (QED) is 0.832. The largest absolute Gasteiger partial charge is 0.490 e. The van der Waals surface area contributed by atoms with Crippen LogP contribution in [0.2, 0.25) is 0 Å². The maximum Gasteiger partial charge on any atom is 0.124 e. The molecule has 0 radical (unpaired) electrons. The van der Waals surface area contributed by atoms with E-state index < -0.39 is 0 Å². The lowest BCUT2D eigenvalue weighted by Crippen LogP contribution is -2.25. The monoisotopic (exact) mass is 337 g/mol. The average molecular weight is 337 g/mol. The molecule has 2 saturated carbocycles. The van der Waals surface area contributed by atoms with E-state index in [2.05, 4.69) is 34.3 Å². The molecule has 0 bridgehead atoms. The summed E-state index contributed by atoms with van der Waals surface area (Å²) in [5, 5.41) is 3.63. The molecule has 1 aliphatic heterocycles. The molecule has 0 unspecified atom stereocenters. The van der Waals surface area contributed by atoms with E-state index in [1.807, 2.05) is 0 Å². The van der Waals surface area contributed by atoms with E-state index in [1.54, 1.807) is 0 Å². The van der Waals surface area contributed by atoms with Gasteiger partial charge in [-0.3, -0.25) is 0 Å². The molecule has 132 valence electrons.